The minimum Gasteiger partial charge on any atom is -0.400 e. The monoisotopic (exact) mass is 218 g/mol. The molecule has 0 saturated carbocycles. The summed E-state index contributed by atoms with van der Waals surface area (Å²) in [7, 11) is 3.00. The van der Waals surface area contributed by atoms with Crippen LogP contribution in [0.15, 0.2) is 0 Å². The zero-order valence-electron chi connectivity index (χ0n) is 8.57. The minimum absolute atomic E-state index is 0. The van der Waals surface area contributed by atoms with E-state index in [1.165, 1.54) is 0 Å². The molecule has 0 amide bonds. The van der Waals surface area contributed by atoms with Crippen LogP contribution >= 0.6 is 0 Å². The first kappa shape index (κ1) is 29.4. The van der Waals surface area contributed by atoms with Gasteiger partial charge in [0.25, 0.3) is 0 Å². The van der Waals surface area contributed by atoms with Gasteiger partial charge in [-0.25, -0.2) is 0 Å². The second-order valence-corrected chi connectivity index (χ2v) is 1.58. The van der Waals surface area contributed by atoms with E-state index < -0.39 is 0 Å². The molecule has 0 heterocycles. The summed E-state index contributed by atoms with van der Waals surface area (Å²) in [4.78, 5) is 0. The van der Waals surface area contributed by atoms with Gasteiger partial charge in [-0.15, -0.1) is 0 Å². The predicted molar refractivity (Wildman–Crippen MR) is 46.4 cm³/mol. The van der Waals surface area contributed by atoms with Crippen molar-refractivity contribution in [2.24, 2.45) is 5.92 Å². The van der Waals surface area contributed by atoms with Crippen molar-refractivity contribution in [3.05, 3.63) is 0 Å². The fourth-order valence-electron chi connectivity index (χ4n) is 0. The van der Waals surface area contributed by atoms with Crippen molar-refractivity contribution in [3.63, 3.8) is 0 Å². The third kappa shape index (κ3) is 148. The Bertz CT molecular complexity index is 29.4. The molecule has 0 unspecified atom stereocenters. The summed E-state index contributed by atoms with van der Waals surface area (Å²) in [5, 5.41) is 29.1. The molecule has 0 aliphatic carbocycles. The van der Waals surface area contributed by atoms with Crippen LogP contribution in [0.5, 0.6) is 0 Å². The van der Waals surface area contributed by atoms with E-state index in [0.717, 1.165) is 21.3 Å². The van der Waals surface area contributed by atoms with Gasteiger partial charge in [0.15, 0.2) is 0 Å². The van der Waals surface area contributed by atoms with Gasteiger partial charge < -0.3 is 20.4 Å². The summed E-state index contributed by atoms with van der Waals surface area (Å²) in [6.07, 6.45) is 0. The molecule has 0 radical (unpaired) electrons. The van der Waals surface area contributed by atoms with Crippen LogP contribution in [0.25, 0.3) is 0 Å². The number of aliphatic hydroxyl groups is 4. The average Bonchev–Trinajstić information content (AvgIpc) is 2.15. The van der Waals surface area contributed by atoms with E-state index in [1.807, 2.05) is 13.8 Å². The first-order valence-corrected chi connectivity index (χ1v) is 3.22. The molecule has 12 heavy (non-hydrogen) atoms. The van der Waals surface area contributed by atoms with Gasteiger partial charge in [0.1, 0.15) is 0 Å². The second-order valence-electron chi connectivity index (χ2n) is 1.58. The molecule has 0 fully saturated rings. The van der Waals surface area contributed by atoms with Crippen LogP contribution in [-0.2, 0) is 21.7 Å². The van der Waals surface area contributed by atoms with Gasteiger partial charge in [-0.2, -0.15) is 0 Å². The zero-order chi connectivity index (χ0) is 10.3. The molecule has 0 aromatic rings. The van der Waals surface area contributed by atoms with Crippen molar-refractivity contribution in [2.75, 3.05) is 27.9 Å². The Morgan fingerprint density at radius 2 is 0.917 bits per heavy atom. The molecule has 4 N–H and O–H groups in total. The van der Waals surface area contributed by atoms with Crippen LogP contribution < -0.4 is 0 Å². The maximum absolute atomic E-state index is 8.14. The zero-order valence-corrected chi connectivity index (χ0v) is 10.1. The normalized spacial score (nSPS) is 5.50. The van der Waals surface area contributed by atoms with E-state index in [9.17, 15) is 0 Å². The van der Waals surface area contributed by atoms with E-state index in [-0.39, 0.29) is 21.7 Å². The third-order valence-electron chi connectivity index (χ3n) is 0.365. The van der Waals surface area contributed by atoms with Gasteiger partial charge in [-0.3, -0.25) is 0 Å². The van der Waals surface area contributed by atoms with Crippen LogP contribution in [0.4, 0.5) is 0 Å². The summed E-state index contributed by atoms with van der Waals surface area (Å²) in [6.45, 7) is 4.25. The minimum atomic E-state index is 0. The topological polar surface area (TPSA) is 80.9 Å². The van der Waals surface area contributed by atoms with Crippen LogP contribution in [0.1, 0.15) is 13.8 Å². The van der Waals surface area contributed by atoms with Crippen molar-refractivity contribution >= 4 is 0 Å². The molecule has 78 valence electrons. The van der Waals surface area contributed by atoms with Crippen molar-refractivity contribution in [3.8, 4) is 0 Å². The SMILES string of the molecule is CC(C)CO.CO.CO.CO.[Ti]. The number of hydrogen-bond donors (Lipinski definition) is 4. The van der Waals surface area contributed by atoms with Crippen LogP contribution in [-0.4, -0.2) is 48.4 Å². The van der Waals surface area contributed by atoms with Crippen LogP contribution in [0, 0.1) is 5.92 Å². The Morgan fingerprint density at radius 3 is 0.917 bits per heavy atom. The van der Waals surface area contributed by atoms with Gasteiger partial charge >= 0.3 is 0 Å². The van der Waals surface area contributed by atoms with E-state index in [0.29, 0.717) is 12.5 Å². The van der Waals surface area contributed by atoms with Gasteiger partial charge in [0, 0.05) is 49.7 Å². The quantitative estimate of drug-likeness (QED) is 0.445. The average molecular weight is 218 g/mol. The Labute approximate surface area is 90.1 Å². The molecular formula is C7H22O4Ti. The van der Waals surface area contributed by atoms with Crippen molar-refractivity contribution in [1.29, 1.82) is 0 Å². The first-order chi connectivity index (χ1) is 5.27. The number of rotatable bonds is 1. The van der Waals surface area contributed by atoms with Gasteiger partial charge in [-0.05, 0) is 5.92 Å². The van der Waals surface area contributed by atoms with Crippen molar-refractivity contribution in [2.45, 2.75) is 13.8 Å². The first-order valence-electron chi connectivity index (χ1n) is 3.22. The molecule has 4 nitrogen and oxygen atoms in total. The molecule has 0 aliphatic rings. The summed E-state index contributed by atoms with van der Waals surface area (Å²) in [6, 6.07) is 0. The molecule has 0 atom stereocenters. The van der Waals surface area contributed by atoms with E-state index in [4.69, 9.17) is 20.4 Å². The Morgan fingerprint density at radius 1 is 0.833 bits per heavy atom. The molecule has 0 aromatic carbocycles. The fraction of sp³-hybridized carbons (Fsp3) is 1.00. The molecule has 0 spiro atoms. The van der Waals surface area contributed by atoms with E-state index in [2.05, 4.69) is 0 Å². The molecular weight excluding hydrogens is 196 g/mol. The maximum atomic E-state index is 8.14. The fourth-order valence-corrected chi connectivity index (χ4v) is 0. The second kappa shape index (κ2) is 62.1. The van der Waals surface area contributed by atoms with E-state index in [1.54, 1.807) is 0 Å². The third-order valence-corrected chi connectivity index (χ3v) is 0.365. The molecule has 0 saturated heterocycles. The molecule has 0 aromatic heterocycles. The largest absolute Gasteiger partial charge is 0.400 e. The van der Waals surface area contributed by atoms with E-state index >= 15 is 0 Å². The van der Waals surface area contributed by atoms with Crippen molar-refractivity contribution in [1.82, 2.24) is 0 Å². The molecule has 0 rings (SSSR count). The van der Waals surface area contributed by atoms with Crippen LogP contribution in [0.2, 0.25) is 0 Å². The Kier molecular flexibility index (Phi) is 152. The van der Waals surface area contributed by atoms with Crippen LogP contribution in [0.3, 0.4) is 0 Å². The van der Waals surface area contributed by atoms with Gasteiger partial charge in [-0.1, -0.05) is 13.8 Å². The van der Waals surface area contributed by atoms with Gasteiger partial charge in [0.2, 0.25) is 0 Å². The maximum Gasteiger partial charge on any atom is 0.0453 e. The molecule has 0 aliphatic heterocycles. The number of aliphatic hydroxyl groups excluding tert-OH is 4. The Balaban J connectivity index is -0.0000000203. The summed E-state index contributed by atoms with van der Waals surface area (Å²) in [5.41, 5.74) is 0. The number of hydrogen-bond acceptors (Lipinski definition) is 4. The summed E-state index contributed by atoms with van der Waals surface area (Å²) in [5.74, 6) is 0.440. The summed E-state index contributed by atoms with van der Waals surface area (Å²) < 4.78 is 0. The predicted octanol–water partition coefficient (Wildman–Crippen LogP) is -0.542. The molecule has 0 bridgehead atoms. The summed E-state index contributed by atoms with van der Waals surface area (Å²) >= 11 is 0. The smallest absolute Gasteiger partial charge is 0.0453 e. The Hall–Kier alpha value is 0.554. The van der Waals surface area contributed by atoms with Gasteiger partial charge in [0.05, 0.1) is 0 Å². The van der Waals surface area contributed by atoms with Crippen molar-refractivity contribution < 1.29 is 42.1 Å². The molecule has 5 heteroatoms. The standard InChI is InChI=1S/C4H10O.3CH4O.Ti/c1-4(2)3-5;3*1-2;/h4-5H,3H2,1-2H3;3*2H,1H3;.